The Kier molecular flexibility index (Phi) is 8.09. The molecule has 0 radical (unpaired) electrons. The largest absolute Gasteiger partial charge is 0.467 e. The van der Waals surface area contributed by atoms with E-state index in [0.717, 1.165) is 4.90 Å². The Balaban J connectivity index is 0.00000232. The van der Waals surface area contributed by atoms with Crippen LogP contribution in [0, 0.1) is 18.8 Å². The minimum Gasteiger partial charge on any atom is -0.467 e. The molecule has 0 N–H and O–H groups in total. The van der Waals surface area contributed by atoms with Gasteiger partial charge in [-0.25, -0.2) is 14.5 Å². The summed E-state index contributed by atoms with van der Waals surface area (Å²) in [4.78, 5) is 37.2. The number of allylic oxidation sites excluding steroid dienone is 2. The predicted molar refractivity (Wildman–Crippen MR) is 86.3 cm³/mol. The van der Waals surface area contributed by atoms with E-state index in [9.17, 15) is 14.4 Å². The summed E-state index contributed by atoms with van der Waals surface area (Å²) in [6.45, 7) is 6.96. The van der Waals surface area contributed by atoms with Gasteiger partial charge in [0.05, 0.1) is 7.11 Å². The third-order valence-corrected chi connectivity index (χ3v) is 3.13. The maximum Gasteiger partial charge on any atom is 0.417 e. The lowest BCUT2D eigenvalue weighted by Crippen LogP contribution is -2.46. The van der Waals surface area contributed by atoms with E-state index in [4.69, 9.17) is 4.74 Å². The summed E-state index contributed by atoms with van der Waals surface area (Å²) < 4.78 is 9.90. The van der Waals surface area contributed by atoms with Crippen LogP contribution in [0.1, 0.15) is 40.5 Å². The van der Waals surface area contributed by atoms with Gasteiger partial charge in [0.2, 0.25) is 5.91 Å². The Hall–Kier alpha value is -2.29. The molecule has 1 aliphatic heterocycles. The van der Waals surface area contributed by atoms with Gasteiger partial charge in [0, 0.05) is 5.92 Å². The number of carbonyl (C=O) groups is 3. The summed E-state index contributed by atoms with van der Waals surface area (Å²) in [6, 6.07) is -0.910. The Bertz CT molecular complexity index is 487. The van der Waals surface area contributed by atoms with Crippen molar-refractivity contribution in [1.82, 2.24) is 4.90 Å². The molecule has 0 spiro atoms. The van der Waals surface area contributed by atoms with Crippen molar-refractivity contribution in [2.75, 3.05) is 7.11 Å². The molecular weight excluding hydrogens is 298 g/mol. The molecule has 1 rings (SSSR count). The molecule has 0 unspecified atom stereocenters. The fourth-order valence-corrected chi connectivity index (χ4v) is 2.19. The van der Waals surface area contributed by atoms with Crippen molar-refractivity contribution in [3.63, 3.8) is 0 Å². The van der Waals surface area contributed by atoms with Gasteiger partial charge in [-0.05, 0) is 40.5 Å². The van der Waals surface area contributed by atoms with E-state index < -0.39 is 35.5 Å². The van der Waals surface area contributed by atoms with Gasteiger partial charge in [-0.3, -0.25) is 4.79 Å². The molecule has 1 saturated heterocycles. The van der Waals surface area contributed by atoms with Crippen molar-refractivity contribution in [2.24, 2.45) is 5.92 Å². The number of imide groups is 1. The first-order chi connectivity index (χ1) is 10.7. The molecule has 0 saturated carbocycles. The molecule has 2 amide bonds. The van der Waals surface area contributed by atoms with E-state index in [1.54, 1.807) is 20.8 Å². The number of nitrogens with zero attached hydrogens (tertiary/aromatic N) is 1. The number of rotatable bonds is 3. The quantitative estimate of drug-likeness (QED) is 0.453. The molecular formula is C17H25NO5. The second-order valence-corrected chi connectivity index (χ2v) is 5.96. The molecule has 6 heteroatoms. The maximum atomic E-state index is 12.4. The van der Waals surface area contributed by atoms with Crippen molar-refractivity contribution in [2.45, 2.75) is 52.2 Å². The molecule has 1 aliphatic rings. The summed E-state index contributed by atoms with van der Waals surface area (Å²) in [7, 11) is 1.24. The van der Waals surface area contributed by atoms with Crippen LogP contribution < -0.4 is 0 Å². The van der Waals surface area contributed by atoms with Gasteiger partial charge in [0.1, 0.15) is 11.6 Å². The van der Waals surface area contributed by atoms with E-state index in [1.807, 2.05) is 19.1 Å². The highest BCUT2D eigenvalue weighted by atomic mass is 16.6. The molecule has 128 valence electrons. The molecule has 23 heavy (non-hydrogen) atoms. The lowest BCUT2D eigenvalue weighted by molar-refractivity contribution is -0.148. The van der Waals surface area contributed by atoms with Crippen LogP contribution in [-0.2, 0) is 19.1 Å². The van der Waals surface area contributed by atoms with Crippen LogP contribution in [0.3, 0.4) is 0 Å². The van der Waals surface area contributed by atoms with Crippen molar-refractivity contribution < 1.29 is 23.9 Å². The van der Waals surface area contributed by atoms with Crippen molar-refractivity contribution in [3.05, 3.63) is 12.2 Å². The van der Waals surface area contributed by atoms with Gasteiger partial charge < -0.3 is 9.47 Å². The fraction of sp³-hybridized carbons (Fsp3) is 0.588. The molecule has 2 atom stereocenters. The average molecular weight is 323 g/mol. The number of terminal acetylenes is 1. The Morgan fingerprint density at radius 1 is 1.35 bits per heavy atom. The highest BCUT2D eigenvalue weighted by Gasteiger charge is 2.48. The monoisotopic (exact) mass is 323 g/mol. The van der Waals surface area contributed by atoms with Crippen LogP contribution in [0.4, 0.5) is 4.79 Å². The highest BCUT2D eigenvalue weighted by molar-refractivity contribution is 6.00. The first-order valence-corrected chi connectivity index (χ1v) is 7.29. The summed E-state index contributed by atoms with van der Waals surface area (Å²) in [5, 5.41) is 0. The van der Waals surface area contributed by atoms with E-state index in [1.165, 1.54) is 7.11 Å². The number of methoxy groups -OCH3 is 1. The molecule has 6 nitrogen and oxygen atoms in total. The zero-order valence-corrected chi connectivity index (χ0v) is 14.4. The summed E-state index contributed by atoms with van der Waals surface area (Å²) in [5.74, 6) is -1.40. The Morgan fingerprint density at radius 3 is 2.35 bits per heavy atom. The third-order valence-electron chi connectivity index (χ3n) is 3.13. The normalized spacial score (nSPS) is 20.8. The van der Waals surface area contributed by atoms with Crippen LogP contribution in [0.15, 0.2) is 12.2 Å². The van der Waals surface area contributed by atoms with Crippen LogP contribution in [-0.4, -0.2) is 41.6 Å². The van der Waals surface area contributed by atoms with Gasteiger partial charge >= 0.3 is 12.1 Å². The maximum absolute atomic E-state index is 12.4. The number of hydrogen-bond acceptors (Lipinski definition) is 5. The van der Waals surface area contributed by atoms with Crippen molar-refractivity contribution in [3.8, 4) is 12.8 Å². The smallest absolute Gasteiger partial charge is 0.417 e. The topological polar surface area (TPSA) is 72.9 Å². The SMILES string of the molecule is C#C.C/C=C\C[C@@H]1C[C@@H](C(=O)OC)N(C(=O)OC(C)(C)C)C1=O. The van der Waals surface area contributed by atoms with E-state index in [0.29, 0.717) is 6.42 Å². The van der Waals surface area contributed by atoms with Crippen LogP contribution in [0.5, 0.6) is 0 Å². The highest BCUT2D eigenvalue weighted by Crippen LogP contribution is 2.30. The molecule has 0 aliphatic carbocycles. The number of likely N-dealkylation sites (tertiary alicyclic amines) is 1. The summed E-state index contributed by atoms with van der Waals surface area (Å²) in [6.07, 6.45) is 11.6. The van der Waals surface area contributed by atoms with Crippen LogP contribution in [0.25, 0.3) is 0 Å². The Morgan fingerprint density at radius 2 is 1.91 bits per heavy atom. The first-order valence-electron chi connectivity index (χ1n) is 7.29. The van der Waals surface area contributed by atoms with Crippen molar-refractivity contribution in [1.29, 1.82) is 0 Å². The summed E-state index contributed by atoms with van der Waals surface area (Å²) in [5.41, 5.74) is -0.737. The number of hydrogen-bond donors (Lipinski definition) is 0. The van der Waals surface area contributed by atoms with Crippen molar-refractivity contribution >= 4 is 18.0 Å². The van der Waals surface area contributed by atoms with Crippen LogP contribution >= 0.6 is 0 Å². The minimum atomic E-state index is -0.910. The number of esters is 1. The average Bonchev–Trinajstić information content (AvgIpc) is 2.81. The minimum absolute atomic E-state index is 0.259. The number of amides is 2. The second kappa shape index (κ2) is 8.99. The molecule has 0 aromatic carbocycles. The molecule has 0 aromatic heterocycles. The fourth-order valence-electron chi connectivity index (χ4n) is 2.19. The Labute approximate surface area is 137 Å². The third kappa shape index (κ3) is 5.78. The molecule has 0 bridgehead atoms. The second-order valence-electron chi connectivity index (χ2n) is 5.96. The van der Waals surface area contributed by atoms with Gasteiger partial charge in [-0.1, -0.05) is 12.2 Å². The van der Waals surface area contributed by atoms with Gasteiger partial charge in [0.25, 0.3) is 0 Å². The van der Waals surface area contributed by atoms with Gasteiger partial charge in [-0.15, -0.1) is 12.8 Å². The lowest BCUT2D eigenvalue weighted by atomic mass is 10.0. The van der Waals surface area contributed by atoms with Crippen LogP contribution in [0.2, 0.25) is 0 Å². The van der Waals surface area contributed by atoms with E-state index in [2.05, 4.69) is 17.6 Å². The number of ether oxygens (including phenoxy) is 2. The molecule has 1 fully saturated rings. The summed E-state index contributed by atoms with van der Waals surface area (Å²) >= 11 is 0. The van der Waals surface area contributed by atoms with Gasteiger partial charge in [0.15, 0.2) is 0 Å². The zero-order chi connectivity index (χ0) is 18.2. The first kappa shape index (κ1) is 20.7. The standard InChI is InChI=1S/C15H23NO5.C2H2/c1-6-7-8-10-9-11(13(18)20-5)16(12(10)17)14(19)21-15(2,3)4;1-2/h6-7,10-11H,8-9H2,1-5H3;1-2H/b7-6-;/t10-,11+;/m1./s1. The van der Waals surface area contributed by atoms with E-state index >= 15 is 0 Å². The van der Waals surface area contributed by atoms with E-state index in [-0.39, 0.29) is 6.42 Å². The molecule has 1 heterocycles. The van der Waals surface area contributed by atoms with Gasteiger partial charge in [-0.2, -0.15) is 0 Å². The number of carbonyl (C=O) groups excluding carboxylic acids is 3. The predicted octanol–water partition coefficient (Wildman–Crippen LogP) is 2.53. The zero-order valence-electron chi connectivity index (χ0n) is 14.4. The lowest BCUT2D eigenvalue weighted by Gasteiger charge is -2.26. The molecule has 0 aromatic rings.